The van der Waals surface area contributed by atoms with E-state index < -0.39 is 8.32 Å². The molecule has 104 valence electrons. The van der Waals surface area contributed by atoms with Gasteiger partial charge in [0.25, 0.3) is 0 Å². The van der Waals surface area contributed by atoms with E-state index in [1.165, 1.54) is 63.1 Å². The highest BCUT2D eigenvalue weighted by Gasteiger charge is 2.32. The van der Waals surface area contributed by atoms with Gasteiger partial charge in [-0.3, -0.25) is 0 Å². The first kappa shape index (κ1) is 17.2. The van der Waals surface area contributed by atoms with Crippen molar-refractivity contribution in [3.63, 3.8) is 0 Å². The Labute approximate surface area is 110 Å². The summed E-state index contributed by atoms with van der Waals surface area (Å²) in [5, 5.41) is 0. The molecule has 0 aromatic carbocycles. The second kappa shape index (κ2) is 11.3. The van der Waals surface area contributed by atoms with E-state index >= 15 is 0 Å². The first-order chi connectivity index (χ1) is 8.24. The summed E-state index contributed by atoms with van der Waals surface area (Å²) in [4.78, 5) is 0. The fraction of sp³-hybridized carbons (Fsp3) is 1.00. The van der Waals surface area contributed by atoms with Gasteiger partial charge in [0, 0.05) is 6.61 Å². The van der Waals surface area contributed by atoms with Crippen LogP contribution in [0.15, 0.2) is 0 Å². The van der Waals surface area contributed by atoms with Crippen LogP contribution < -0.4 is 0 Å². The molecule has 0 unspecified atom stereocenters. The van der Waals surface area contributed by atoms with Crippen LogP contribution in [0.3, 0.4) is 0 Å². The molecule has 0 fully saturated rings. The van der Waals surface area contributed by atoms with Crippen molar-refractivity contribution < 1.29 is 4.43 Å². The minimum atomic E-state index is -1.37. The van der Waals surface area contributed by atoms with E-state index in [2.05, 4.69) is 27.7 Å². The Morgan fingerprint density at radius 1 is 0.647 bits per heavy atom. The van der Waals surface area contributed by atoms with E-state index in [9.17, 15) is 0 Å². The van der Waals surface area contributed by atoms with Crippen LogP contribution in [0.2, 0.25) is 18.1 Å². The Hall–Kier alpha value is 0.177. The third-order valence-corrected chi connectivity index (χ3v) is 8.35. The van der Waals surface area contributed by atoms with Crippen LogP contribution in [-0.4, -0.2) is 14.9 Å². The van der Waals surface area contributed by atoms with Gasteiger partial charge in [0.1, 0.15) is 0 Å². The molecule has 0 aliphatic rings. The molecule has 0 aliphatic heterocycles. The van der Waals surface area contributed by atoms with Crippen molar-refractivity contribution >= 4 is 8.32 Å². The van der Waals surface area contributed by atoms with Gasteiger partial charge in [0.15, 0.2) is 8.32 Å². The maximum absolute atomic E-state index is 6.32. The molecule has 17 heavy (non-hydrogen) atoms. The van der Waals surface area contributed by atoms with Crippen molar-refractivity contribution in [1.29, 1.82) is 0 Å². The van der Waals surface area contributed by atoms with Gasteiger partial charge in [-0.15, -0.1) is 0 Å². The lowest BCUT2D eigenvalue weighted by atomic mass is 10.3. The zero-order valence-corrected chi connectivity index (χ0v) is 13.7. The molecule has 0 N–H and O–H groups in total. The molecule has 0 bridgehead atoms. The summed E-state index contributed by atoms with van der Waals surface area (Å²) in [6.07, 6.45) is 9.52. The molecular formula is C15H34OSi. The second-order valence-electron chi connectivity index (χ2n) is 5.28. The van der Waals surface area contributed by atoms with Crippen molar-refractivity contribution in [2.75, 3.05) is 6.61 Å². The number of unbranched alkanes of at least 4 members (excludes halogenated alkanes) is 4. The standard InChI is InChI=1S/C15H34OSi/c1-5-9-12-15-17(16-8-4,13-10-6-2)14-11-7-3/h5-15H2,1-4H3. The summed E-state index contributed by atoms with van der Waals surface area (Å²) in [5.74, 6) is 0. The molecule has 0 amide bonds. The average molecular weight is 259 g/mol. The lowest BCUT2D eigenvalue weighted by Gasteiger charge is -2.31. The summed E-state index contributed by atoms with van der Waals surface area (Å²) in [5.41, 5.74) is 0. The molecule has 0 heterocycles. The van der Waals surface area contributed by atoms with Crippen LogP contribution in [0.1, 0.15) is 72.6 Å². The van der Waals surface area contributed by atoms with E-state index in [1.807, 2.05) is 0 Å². The normalized spacial score (nSPS) is 12.0. The van der Waals surface area contributed by atoms with Gasteiger partial charge in [-0.1, -0.05) is 65.7 Å². The van der Waals surface area contributed by atoms with Crippen LogP contribution in [0, 0.1) is 0 Å². The lowest BCUT2D eigenvalue weighted by molar-refractivity contribution is 0.314. The van der Waals surface area contributed by atoms with E-state index in [-0.39, 0.29) is 0 Å². The maximum Gasteiger partial charge on any atom is 0.192 e. The van der Waals surface area contributed by atoms with Gasteiger partial charge in [-0.25, -0.2) is 0 Å². The fourth-order valence-corrected chi connectivity index (χ4v) is 7.28. The minimum absolute atomic E-state index is 0.936. The Kier molecular flexibility index (Phi) is 11.4. The van der Waals surface area contributed by atoms with E-state index in [0.29, 0.717) is 0 Å². The second-order valence-corrected chi connectivity index (χ2v) is 9.43. The average Bonchev–Trinajstić information content (AvgIpc) is 2.34. The van der Waals surface area contributed by atoms with Crippen LogP contribution in [0.25, 0.3) is 0 Å². The quantitative estimate of drug-likeness (QED) is 0.319. The van der Waals surface area contributed by atoms with Crippen LogP contribution in [-0.2, 0) is 4.43 Å². The van der Waals surface area contributed by atoms with Crippen molar-refractivity contribution in [3.05, 3.63) is 0 Å². The number of hydrogen-bond donors (Lipinski definition) is 0. The predicted octanol–water partition coefficient (Wildman–Crippen LogP) is 5.76. The SMILES string of the molecule is CCCCC[Si](CCCC)(CCCC)OCC. The van der Waals surface area contributed by atoms with Crippen molar-refractivity contribution in [2.45, 2.75) is 90.8 Å². The van der Waals surface area contributed by atoms with Gasteiger partial charge in [0.2, 0.25) is 0 Å². The van der Waals surface area contributed by atoms with E-state index in [4.69, 9.17) is 4.43 Å². The topological polar surface area (TPSA) is 9.23 Å². The molecule has 1 nitrogen and oxygen atoms in total. The Morgan fingerprint density at radius 2 is 1.12 bits per heavy atom. The summed E-state index contributed by atoms with van der Waals surface area (Å²) in [6, 6.07) is 4.22. The summed E-state index contributed by atoms with van der Waals surface area (Å²) < 4.78 is 6.32. The van der Waals surface area contributed by atoms with Gasteiger partial charge >= 0.3 is 0 Å². The zero-order valence-electron chi connectivity index (χ0n) is 12.7. The molecule has 0 atom stereocenters. The number of rotatable bonds is 12. The summed E-state index contributed by atoms with van der Waals surface area (Å²) >= 11 is 0. The minimum Gasteiger partial charge on any atom is -0.417 e. The van der Waals surface area contributed by atoms with Crippen molar-refractivity contribution in [2.24, 2.45) is 0 Å². The predicted molar refractivity (Wildman–Crippen MR) is 81.1 cm³/mol. The smallest absolute Gasteiger partial charge is 0.192 e. The highest BCUT2D eigenvalue weighted by atomic mass is 28.4. The first-order valence-corrected chi connectivity index (χ1v) is 10.4. The highest BCUT2D eigenvalue weighted by molar-refractivity contribution is 6.73. The molecule has 0 saturated heterocycles. The maximum atomic E-state index is 6.32. The summed E-state index contributed by atoms with van der Waals surface area (Å²) in [7, 11) is -1.37. The fourth-order valence-electron chi connectivity index (χ4n) is 2.59. The van der Waals surface area contributed by atoms with Crippen molar-refractivity contribution in [3.8, 4) is 0 Å². The van der Waals surface area contributed by atoms with Gasteiger partial charge in [-0.05, 0) is 25.1 Å². The largest absolute Gasteiger partial charge is 0.417 e. The third kappa shape index (κ3) is 7.99. The molecule has 0 aliphatic carbocycles. The van der Waals surface area contributed by atoms with Crippen LogP contribution >= 0.6 is 0 Å². The molecule has 2 heteroatoms. The molecule has 0 aromatic rings. The molecule has 0 spiro atoms. The van der Waals surface area contributed by atoms with E-state index in [0.717, 1.165) is 6.61 Å². The Bertz CT molecular complexity index is 151. The van der Waals surface area contributed by atoms with E-state index in [1.54, 1.807) is 0 Å². The van der Waals surface area contributed by atoms with Gasteiger partial charge in [0.05, 0.1) is 0 Å². The molecule has 0 radical (unpaired) electrons. The van der Waals surface area contributed by atoms with Crippen molar-refractivity contribution in [1.82, 2.24) is 0 Å². The molecule has 0 aromatic heterocycles. The van der Waals surface area contributed by atoms with Crippen LogP contribution in [0.4, 0.5) is 0 Å². The molecule has 0 rings (SSSR count). The number of hydrogen-bond acceptors (Lipinski definition) is 1. The third-order valence-electron chi connectivity index (χ3n) is 3.66. The lowest BCUT2D eigenvalue weighted by Crippen LogP contribution is -2.38. The van der Waals surface area contributed by atoms with Crippen LogP contribution in [0.5, 0.6) is 0 Å². The Morgan fingerprint density at radius 3 is 1.53 bits per heavy atom. The highest BCUT2D eigenvalue weighted by Crippen LogP contribution is 2.29. The summed E-state index contributed by atoms with van der Waals surface area (Å²) in [6.45, 7) is 10.0. The monoisotopic (exact) mass is 258 g/mol. The van der Waals surface area contributed by atoms with Gasteiger partial charge < -0.3 is 4.43 Å². The Balaban J connectivity index is 4.32. The zero-order chi connectivity index (χ0) is 13.0. The van der Waals surface area contributed by atoms with Gasteiger partial charge in [-0.2, -0.15) is 0 Å². The molecule has 0 saturated carbocycles. The first-order valence-electron chi connectivity index (χ1n) is 7.88. The molecular weight excluding hydrogens is 224 g/mol.